The molecule has 2 heterocycles. The molecular formula is C28H28N4O4. The molecule has 1 aromatic heterocycles. The second-order valence-corrected chi connectivity index (χ2v) is 9.13. The van der Waals surface area contributed by atoms with Crippen LogP contribution >= 0.6 is 0 Å². The Morgan fingerprint density at radius 2 is 1.97 bits per heavy atom. The number of rotatable bonds is 5. The number of nitrogens with one attached hydrogen (secondary N) is 1. The van der Waals surface area contributed by atoms with Crippen LogP contribution in [0.1, 0.15) is 41.3 Å². The van der Waals surface area contributed by atoms with E-state index >= 15 is 0 Å². The average Bonchev–Trinajstić information content (AvgIpc) is 3.28. The third-order valence-electron chi connectivity index (χ3n) is 6.59. The number of benzene rings is 2. The van der Waals surface area contributed by atoms with Crippen LogP contribution in [0.5, 0.6) is 0 Å². The summed E-state index contributed by atoms with van der Waals surface area (Å²) in [5.74, 6) is -0.348. The lowest BCUT2D eigenvalue weighted by atomic mass is 9.99. The van der Waals surface area contributed by atoms with Crippen molar-refractivity contribution in [3.63, 3.8) is 0 Å². The van der Waals surface area contributed by atoms with E-state index in [9.17, 15) is 14.4 Å². The number of carbonyl (C=O) groups is 3. The van der Waals surface area contributed by atoms with E-state index in [2.05, 4.69) is 22.6 Å². The van der Waals surface area contributed by atoms with Gasteiger partial charge >= 0.3 is 6.09 Å². The fourth-order valence-electron chi connectivity index (χ4n) is 4.79. The zero-order valence-corrected chi connectivity index (χ0v) is 20.1. The van der Waals surface area contributed by atoms with Gasteiger partial charge in [0.1, 0.15) is 12.6 Å². The summed E-state index contributed by atoms with van der Waals surface area (Å²) in [6.07, 6.45) is 9.59. The number of ether oxygens (including phenoxy) is 1. The first kappa shape index (κ1) is 23.5. The summed E-state index contributed by atoms with van der Waals surface area (Å²) in [5.41, 5.74) is 4.51. The molecule has 0 bridgehead atoms. The average molecular weight is 485 g/mol. The number of allylic oxidation sites excluding steroid dienone is 2. The van der Waals surface area contributed by atoms with Crippen LogP contribution in [-0.2, 0) is 29.1 Å². The number of hydrogen-bond acceptors (Lipinski definition) is 5. The molecule has 0 spiro atoms. The van der Waals surface area contributed by atoms with Crippen LogP contribution in [0.3, 0.4) is 0 Å². The van der Waals surface area contributed by atoms with Crippen molar-refractivity contribution in [1.29, 1.82) is 0 Å². The number of carbonyl (C=O) groups excluding carboxylic acids is 3. The van der Waals surface area contributed by atoms with Crippen molar-refractivity contribution in [2.24, 2.45) is 0 Å². The Balaban J connectivity index is 1.43. The molecule has 2 aliphatic rings. The van der Waals surface area contributed by atoms with E-state index in [0.29, 0.717) is 25.0 Å². The maximum absolute atomic E-state index is 13.7. The summed E-state index contributed by atoms with van der Waals surface area (Å²) in [6, 6.07) is 12.4. The monoisotopic (exact) mass is 484 g/mol. The van der Waals surface area contributed by atoms with Gasteiger partial charge in [0.25, 0.3) is 0 Å². The second-order valence-electron chi connectivity index (χ2n) is 9.13. The maximum atomic E-state index is 13.7. The van der Waals surface area contributed by atoms with E-state index in [4.69, 9.17) is 4.74 Å². The van der Waals surface area contributed by atoms with Gasteiger partial charge < -0.3 is 15.0 Å². The molecule has 8 heteroatoms. The molecule has 1 atom stereocenters. The van der Waals surface area contributed by atoms with Gasteiger partial charge in [0.15, 0.2) is 0 Å². The molecule has 1 aliphatic carbocycles. The van der Waals surface area contributed by atoms with E-state index < -0.39 is 12.1 Å². The van der Waals surface area contributed by atoms with E-state index in [-0.39, 0.29) is 18.4 Å². The van der Waals surface area contributed by atoms with Gasteiger partial charge in [-0.05, 0) is 41.2 Å². The van der Waals surface area contributed by atoms with Crippen LogP contribution in [0.25, 0.3) is 10.9 Å². The van der Waals surface area contributed by atoms with E-state index in [0.717, 1.165) is 40.5 Å². The predicted octanol–water partition coefficient (Wildman–Crippen LogP) is 4.15. The zero-order valence-electron chi connectivity index (χ0n) is 20.1. The van der Waals surface area contributed by atoms with Gasteiger partial charge in [0.2, 0.25) is 11.8 Å². The minimum absolute atomic E-state index is 0.121. The van der Waals surface area contributed by atoms with Gasteiger partial charge in [-0.15, -0.1) is 0 Å². The highest BCUT2D eigenvalue weighted by molar-refractivity contribution is 5.93. The molecule has 184 valence electrons. The minimum atomic E-state index is -0.775. The summed E-state index contributed by atoms with van der Waals surface area (Å²) < 4.78 is 6.77. The lowest BCUT2D eigenvalue weighted by Gasteiger charge is -2.26. The number of hydrogen-bond donors (Lipinski definition) is 1. The Bertz CT molecular complexity index is 1370. The number of alkyl carbamates (subject to hydrolysis) is 1. The molecule has 0 fully saturated rings. The van der Waals surface area contributed by atoms with Crippen LogP contribution in [-0.4, -0.2) is 45.2 Å². The summed E-state index contributed by atoms with van der Waals surface area (Å²) in [7, 11) is 0. The molecule has 0 radical (unpaired) electrons. The smallest absolute Gasteiger partial charge is 0.408 e. The molecule has 0 saturated heterocycles. The van der Waals surface area contributed by atoms with Gasteiger partial charge in [-0.25, -0.2) is 9.48 Å². The lowest BCUT2D eigenvalue weighted by molar-refractivity contribution is -0.133. The fraction of sp³-hybridized carbons (Fsp3) is 0.286. The molecule has 2 amide bonds. The topological polar surface area (TPSA) is 93.5 Å². The summed E-state index contributed by atoms with van der Waals surface area (Å²) in [5, 5.41) is 7.89. The molecule has 0 saturated carbocycles. The van der Waals surface area contributed by atoms with E-state index in [1.807, 2.05) is 48.5 Å². The lowest BCUT2D eigenvalue weighted by Crippen LogP contribution is -2.48. The number of aromatic nitrogens is 2. The van der Waals surface area contributed by atoms with E-state index in [1.54, 1.807) is 11.1 Å². The first-order valence-corrected chi connectivity index (χ1v) is 12.1. The summed E-state index contributed by atoms with van der Waals surface area (Å²) in [4.78, 5) is 40.1. The fourth-order valence-corrected chi connectivity index (χ4v) is 4.79. The van der Waals surface area contributed by atoms with Crippen molar-refractivity contribution in [1.82, 2.24) is 20.0 Å². The van der Waals surface area contributed by atoms with Crippen LogP contribution in [0.2, 0.25) is 0 Å². The van der Waals surface area contributed by atoms with Crippen molar-refractivity contribution in [3.8, 4) is 0 Å². The molecule has 1 aliphatic heterocycles. The highest BCUT2D eigenvalue weighted by atomic mass is 16.5. The summed E-state index contributed by atoms with van der Waals surface area (Å²) in [6.45, 7) is 2.38. The van der Waals surface area contributed by atoms with E-state index in [1.165, 1.54) is 11.6 Å². The largest absolute Gasteiger partial charge is 0.445 e. The van der Waals surface area contributed by atoms with Crippen molar-refractivity contribution in [2.75, 3.05) is 6.54 Å². The first-order chi connectivity index (χ1) is 17.5. The van der Waals surface area contributed by atoms with Gasteiger partial charge in [0, 0.05) is 31.8 Å². The van der Waals surface area contributed by atoms with Gasteiger partial charge in [-0.1, -0.05) is 54.6 Å². The number of fused-ring (bicyclic) bond motifs is 3. The normalized spacial score (nSPS) is 17.4. The van der Waals surface area contributed by atoms with Crippen LogP contribution in [0, 0.1) is 0 Å². The quantitative estimate of drug-likeness (QED) is 0.587. The number of amides is 2. The molecule has 2 aromatic carbocycles. The summed E-state index contributed by atoms with van der Waals surface area (Å²) >= 11 is 0. The Labute approximate surface area is 209 Å². The predicted molar refractivity (Wildman–Crippen MR) is 135 cm³/mol. The van der Waals surface area contributed by atoms with Gasteiger partial charge in [-0.3, -0.25) is 9.59 Å². The molecule has 1 N–H and O–H groups in total. The van der Waals surface area contributed by atoms with Gasteiger partial charge in [0.05, 0.1) is 11.7 Å². The van der Waals surface area contributed by atoms with Crippen LogP contribution in [0.4, 0.5) is 4.79 Å². The minimum Gasteiger partial charge on any atom is -0.445 e. The Morgan fingerprint density at radius 1 is 1.14 bits per heavy atom. The Hall–Kier alpha value is -4.20. The van der Waals surface area contributed by atoms with Crippen molar-refractivity contribution in [3.05, 3.63) is 89.2 Å². The van der Waals surface area contributed by atoms with Crippen LogP contribution < -0.4 is 5.32 Å². The van der Waals surface area contributed by atoms with Crippen molar-refractivity contribution >= 4 is 28.8 Å². The highest BCUT2D eigenvalue weighted by Crippen LogP contribution is 2.29. The molecule has 0 unspecified atom stereocenters. The van der Waals surface area contributed by atoms with Gasteiger partial charge in [-0.2, -0.15) is 5.10 Å². The number of nitrogens with zero attached hydrogens (tertiary/aromatic N) is 3. The Morgan fingerprint density at radius 3 is 2.72 bits per heavy atom. The van der Waals surface area contributed by atoms with Crippen molar-refractivity contribution < 1.29 is 19.1 Å². The highest BCUT2D eigenvalue weighted by Gasteiger charge is 2.32. The third-order valence-corrected chi connectivity index (χ3v) is 6.59. The molecule has 5 rings (SSSR count). The zero-order chi connectivity index (χ0) is 25.1. The molecule has 36 heavy (non-hydrogen) atoms. The second kappa shape index (κ2) is 10.2. The SMILES string of the molecule is CC(=O)n1ncc2c3c(ccc21)C[C@@H](NC(=O)OCc1ccccc1)C(=O)N(CC1=CCCC=C1)C3. The third kappa shape index (κ3) is 4.93. The molecular weight excluding hydrogens is 456 g/mol. The Kier molecular flexibility index (Phi) is 6.66. The standard InChI is InChI=1S/C28H28N4O4/c1-19(33)32-26-13-12-22-14-25(30-28(35)36-18-21-10-6-3-7-11-21)27(34)31(16-20-8-4-2-5-9-20)17-24(22)23(26)15-29-32/h3-4,6-13,15,25H,2,5,14,16-18H2,1H3,(H,30,35)/t25-/m1/s1. The molecule has 3 aromatic rings. The maximum Gasteiger partial charge on any atom is 0.408 e. The van der Waals surface area contributed by atoms with Crippen LogP contribution in [0.15, 0.2) is 72.5 Å². The molecule has 8 nitrogen and oxygen atoms in total. The first-order valence-electron chi connectivity index (χ1n) is 12.1. The van der Waals surface area contributed by atoms with Crippen molar-refractivity contribution in [2.45, 2.75) is 45.4 Å².